The highest BCUT2D eigenvalue weighted by molar-refractivity contribution is 6.30. The number of nitrogens with zero attached hydrogens (tertiary/aromatic N) is 1. The number of nitrogens with one attached hydrogen (secondary N) is 1. The van der Waals surface area contributed by atoms with Gasteiger partial charge >= 0.3 is 0 Å². The van der Waals surface area contributed by atoms with Crippen LogP contribution in [-0.4, -0.2) is 11.0 Å². The molecule has 0 heterocycles. The van der Waals surface area contributed by atoms with Crippen molar-refractivity contribution in [2.45, 2.75) is 13.8 Å². The SMILES string of the molecule is Cc1ccc(C)c(NC(=O)/C(C#N)=C/c2cc(Cl)ccc2O)c1. The Hall–Kier alpha value is -2.77. The van der Waals surface area contributed by atoms with Crippen LogP contribution in [0.15, 0.2) is 42.0 Å². The molecule has 1 amide bonds. The summed E-state index contributed by atoms with van der Waals surface area (Å²) >= 11 is 5.87. The summed E-state index contributed by atoms with van der Waals surface area (Å²) in [6, 6.07) is 11.9. The first-order chi connectivity index (χ1) is 10.9. The van der Waals surface area contributed by atoms with Crippen molar-refractivity contribution in [3.8, 4) is 11.8 Å². The molecule has 2 aromatic rings. The Kier molecular flexibility index (Phi) is 5.05. The first kappa shape index (κ1) is 16.6. The van der Waals surface area contributed by atoms with E-state index in [0.717, 1.165) is 11.1 Å². The number of rotatable bonds is 3. The van der Waals surface area contributed by atoms with Crippen LogP contribution < -0.4 is 5.32 Å². The van der Waals surface area contributed by atoms with Crippen molar-refractivity contribution in [3.05, 3.63) is 63.7 Å². The Balaban J connectivity index is 2.32. The van der Waals surface area contributed by atoms with Crippen molar-refractivity contribution in [1.29, 1.82) is 5.26 Å². The number of carbonyl (C=O) groups excluding carboxylic acids is 1. The van der Waals surface area contributed by atoms with Gasteiger partial charge in [0.25, 0.3) is 5.91 Å². The lowest BCUT2D eigenvalue weighted by atomic mass is 10.1. The quantitative estimate of drug-likeness (QED) is 0.655. The zero-order valence-corrected chi connectivity index (χ0v) is 13.5. The fourth-order valence-electron chi connectivity index (χ4n) is 2.01. The molecule has 0 spiro atoms. The van der Waals surface area contributed by atoms with E-state index in [2.05, 4.69) is 5.32 Å². The van der Waals surface area contributed by atoms with Crippen LogP contribution in [-0.2, 0) is 4.79 Å². The van der Waals surface area contributed by atoms with Gasteiger partial charge in [0.05, 0.1) is 0 Å². The van der Waals surface area contributed by atoms with Gasteiger partial charge in [0.15, 0.2) is 0 Å². The van der Waals surface area contributed by atoms with E-state index in [0.29, 0.717) is 16.3 Å². The number of aryl methyl sites for hydroxylation is 2. The first-order valence-electron chi connectivity index (χ1n) is 6.89. The average Bonchev–Trinajstić information content (AvgIpc) is 2.51. The molecule has 116 valence electrons. The van der Waals surface area contributed by atoms with E-state index in [9.17, 15) is 15.2 Å². The Morgan fingerprint density at radius 2 is 2.00 bits per heavy atom. The zero-order chi connectivity index (χ0) is 17.0. The first-order valence-corrected chi connectivity index (χ1v) is 7.27. The van der Waals surface area contributed by atoms with Gasteiger partial charge in [0.2, 0.25) is 0 Å². The molecule has 0 aliphatic heterocycles. The Labute approximate surface area is 139 Å². The van der Waals surface area contributed by atoms with E-state index < -0.39 is 5.91 Å². The van der Waals surface area contributed by atoms with Gasteiger partial charge in [-0.05, 0) is 55.3 Å². The third-order valence-corrected chi connectivity index (χ3v) is 3.53. The van der Waals surface area contributed by atoms with Crippen LogP contribution in [0.25, 0.3) is 6.08 Å². The number of phenolic OH excluding ortho intramolecular Hbond substituents is 1. The lowest BCUT2D eigenvalue weighted by Gasteiger charge is -2.09. The van der Waals surface area contributed by atoms with E-state index in [4.69, 9.17) is 11.6 Å². The molecule has 0 aliphatic rings. The number of phenols is 1. The van der Waals surface area contributed by atoms with E-state index in [1.165, 1.54) is 24.3 Å². The molecule has 0 atom stereocenters. The summed E-state index contributed by atoms with van der Waals surface area (Å²) in [5.74, 6) is -0.595. The predicted octanol–water partition coefficient (Wildman–Crippen LogP) is 4.21. The molecular formula is C18H15ClN2O2. The summed E-state index contributed by atoms with van der Waals surface area (Å²) in [6.45, 7) is 3.79. The lowest BCUT2D eigenvalue weighted by Crippen LogP contribution is -2.14. The number of hydrogen-bond donors (Lipinski definition) is 2. The molecule has 2 N–H and O–H groups in total. The van der Waals surface area contributed by atoms with Crippen molar-refractivity contribution in [2.75, 3.05) is 5.32 Å². The van der Waals surface area contributed by atoms with Gasteiger partial charge in [-0.3, -0.25) is 4.79 Å². The summed E-state index contributed by atoms with van der Waals surface area (Å²) in [7, 11) is 0. The number of benzene rings is 2. The largest absolute Gasteiger partial charge is 0.507 e. The fourth-order valence-corrected chi connectivity index (χ4v) is 2.19. The Morgan fingerprint density at radius 3 is 2.70 bits per heavy atom. The van der Waals surface area contributed by atoms with Crippen LogP contribution >= 0.6 is 11.6 Å². The minimum atomic E-state index is -0.541. The average molecular weight is 327 g/mol. The third kappa shape index (κ3) is 4.12. The molecule has 5 heteroatoms. The van der Waals surface area contributed by atoms with Crippen molar-refractivity contribution in [2.24, 2.45) is 0 Å². The second-order valence-corrected chi connectivity index (χ2v) is 5.58. The number of carbonyl (C=O) groups is 1. The van der Waals surface area contributed by atoms with E-state index in [1.54, 1.807) is 0 Å². The molecular weight excluding hydrogens is 312 g/mol. The van der Waals surface area contributed by atoms with Crippen LogP contribution in [0.5, 0.6) is 5.75 Å². The number of aromatic hydroxyl groups is 1. The van der Waals surface area contributed by atoms with Gasteiger partial charge in [-0.15, -0.1) is 0 Å². The Bertz CT molecular complexity index is 835. The van der Waals surface area contributed by atoms with E-state index in [1.807, 2.05) is 38.1 Å². The molecule has 4 nitrogen and oxygen atoms in total. The molecule has 0 saturated heterocycles. The van der Waals surface area contributed by atoms with Crippen molar-refractivity contribution < 1.29 is 9.90 Å². The smallest absolute Gasteiger partial charge is 0.266 e. The Morgan fingerprint density at radius 1 is 1.26 bits per heavy atom. The summed E-state index contributed by atoms with van der Waals surface area (Å²) in [6.07, 6.45) is 1.31. The number of halogens is 1. The maximum absolute atomic E-state index is 12.3. The van der Waals surface area contributed by atoms with Gasteiger partial charge in [0, 0.05) is 16.3 Å². The van der Waals surface area contributed by atoms with Gasteiger partial charge in [-0.1, -0.05) is 23.7 Å². The van der Waals surface area contributed by atoms with Crippen LogP contribution in [0.4, 0.5) is 5.69 Å². The second-order valence-electron chi connectivity index (χ2n) is 5.15. The molecule has 0 aromatic heterocycles. The molecule has 0 saturated carbocycles. The number of nitriles is 1. The number of anilines is 1. The minimum absolute atomic E-state index is 0.0540. The summed E-state index contributed by atoms with van der Waals surface area (Å²) in [5, 5.41) is 22.1. The van der Waals surface area contributed by atoms with Crippen LogP contribution in [0, 0.1) is 25.2 Å². The molecule has 2 aromatic carbocycles. The molecule has 0 fully saturated rings. The van der Waals surface area contributed by atoms with Crippen molar-refractivity contribution in [1.82, 2.24) is 0 Å². The van der Waals surface area contributed by atoms with Crippen molar-refractivity contribution in [3.63, 3.8) is 0 Å². The van der Waals surface area contributed by atoms with E-state index in [-0.39, 0.29) is 11.3 Å². The topological polar surface area (TPSA) is 73.1 Å². The molecule has 23 heavy (non-hydrogen) atoms. The number of amides is 1. The van der Waals surface area contributed by atoms with Gasteiger partial charge in [-0.25, -0.2) is 0 Å². The number of hydrogen-bond acceptors (Lipinski definition) is 3. The molecule has 0 aliphatic carbocycles. The van der Waals surface area contributed by atoms with Crippen molar-refractivity contribution >= 4 is 29.3 Å². The standard InChI is InChI=1S/C18H15ClN2O2/c1-11-3-4-12(2)16(7-11)21-18(23)14(10-20)8-13-9-15(19)5-6-17(13)22/h3-9,22H,1-2H3,(H,21,23)/b14-8+. The highest BCUT2D eigenvalue weighted by Gasteiger charge is 2.12. The summed E-state index contributed by atoms with van der Waals surface area (Å²) in [4.78, 5) is 12.3. The van der Waals surface area contributed by atoms with Crippen LogP contribution in [0.1, 0.15) is 16.7 Å². The third-order valence-electron chi connectivity index (χ3n) is 3.30. The van der Waals surface area contributed by atoms with E-state index >= 15 is 0 Å². The lowest BCUT2D eigenvalue weighted by molar-refractivity contribution is -0.112. The van der Waals surface area contributed by atoms with Gasteiger partial charge < -0.3 is 10.4 Å². The summed E-state index contributed by atoms with van der Waals surface area (Å²) in [5.41, 5.74) is 2.73. The van der Waals surface area contributed by atoms with Gasteiger partial charge in [-0.2, -0.15) is 5.26 Å². The normalized spacial score (nSPS) is 11.0. The molecule has 0 bridgehead atoms. The minimum Gasteiger partial charge on any atom is -0.507 e. The van der Waals surface area contributed by atoms with Gasteiger partial charge in [0.1, 0.15) is 17.4 Å². The fraction of sp³-hybridized carbons (Fsp3) is 0.111. The molecule has 2 rings (SSSR count). The second kappa shape index (κ2) is 6.99. The van der Waals surface area contributed by atoms with Crippen LogP contribution in [0.3, 0.4) is 0 Å². The molecule has 0 unspecified atom stereocenters. The predicted molar refractivity (Wildman–Crippen MR) is 91.3 cm³/mol. The maximum Gasteiger partial charge on any atom is 0.266 e. The highest BCUT2D eigenvalue weighted by atomic mass is 35.5. The zero-order valence-electron chi connectivity index (χ0n) is 12.7. The highest BCUT2D eigenvalue weighted by Crippen LogP contribution is 2.24. The monoisotopic (exact) mass is 326 g/mol. The maximum atomic E-state index is 12.3. The van der Waals surface area contributed by atoms with Crippen LogP contribution in [0.2, 0.25) is 5.02 Å². The summed E-state index contributed by atoms with van der Waals surface area (Å²) < 4.78 is 0. The molecule has 0 radical (unpaired) electrons.